The molecule has 2 aliphatic rings. The first-order chi connectivity index (χ1) is 26.1. The first kappa shape index (κ1) is 39.1. The van der Waals surface area contributed by atoms with Gasteiger partial charge in [-0.25, -0.2) is 4.98 Å². The third kappa shape index (κ3) is 7.64. The molecule has 0 saturated carbocycles. The van der Waals surface area contributed by atoms with E-state index < -0.39 is 0 Å². The van der Waals surface area contributed by atoms with E-state index in [2.05, 4.69) is 180 Å². The van der Waals surface area contributed by atoms with E-state index in [1.165, 1.54) is 16.7 Å². The van der Waals surface area contributed by atoms with E-state index in [9.17, 15) is 0 Å². The Labute approximate surface area is 347 Å². The molecule has 0 spiro atoms. The first-order valence-electron chi connectivity index (χ1n) is 19.0. The Kier molecular flexibility index (Phi) is 10.3. The molecule has 0 atom stereocenters. The fraction of sp³-hybridized carbons (Fsp3) is 0.245. The monoisotopic (exact) mass is 917 g/mol. The summed E-state index contributed by atoms with van der Waals surface area (Å²) in [5.41, 5.74) is 11.9. The van der Waals surface area contributed by atoms with E-state index in [0.29, 0.717) is 11.5 Å². The van der Waals surface area contributed by atoms with Gasteiger partial charge in [0.25, 0.3) is 0 Å². The van der Waals surface area contributed by atoms with Crippen molar-refractivity contribution in [2.45, 2.75) is 78.6 Å². The first-order valence-corrected chi connectivity index (χ1v) is 19.0. The molecule has 288 valence electrons. The van der Waals surface area contributed by atoms with Crippen molar-refractivity contribution in [3.8, 4) is 33.8 Å². The van der Waals surface area contributed by atoms with Gasteiger partial charge in [-0.2, -0.15) is 12.1 Å². The molecule has 56 heavy (non-hydrogen) atoms. The van der Waals surface area contributed by atoms with Crippen LogP contribution in [0.25, 0.3) is 22.3 Å². The average molecular weight is 918 g/mol. The summed E-state index contributed by atoms with van der Waals surface area (Å²) in [6.45, 7) is 22.4. The van der Waals surface area contributed by atoms with Crippen molar-refractivity contribution >= 4 is 28.6 Å². The molecule has 0 saturated heterocycles. The molecule has 0 N–H and O–H groups in total. The van der Waals surface area contributed by atoms with Gasteiger partial charge >= 0.3 is 0 Å². The molecule has 2 aromatic heterocycles. The fourth-order valence-electron chi connectivity index (χ4n) is 7.07. The summed E-state index contributed by atoms with van der Waals surface area (Å²) in [6, 6.07) is 39.0. The van der Waals surface area contributed by atoms with Crippen LogP contribution in [0.2, 0.25) is 0 Å². The zero-order chi connectivity index (χ0) is 38.7. The smallest absolute Gasteiger partial charge is 0.135 e. The van der Waals surface area contributed by atoms with E-state index in [1.807, 2.05) is 42.9 Å². The molecule has 6 aromatic rings. The number of benzene rings is 4. The predicted molar refractivity (Wildman–Crippen MR) is 226 cm³/mol. The maximum Gasteiger partial charge on any atom is 0.135 e. The van der Waals surface area contributed by atoms with Crippen LogP contribution in [-0.4, -0.2) is 9.97 Å². The Balaban J connectivity index is 0.00000480. The van der Waals surface area contributed by atoms with Crippen LogP contribution in [0.4, 0.5) is 28.6 Å². The van der Waals surface area contributed by atoms with E-state index >= 15 is 0 Å². The molecule has 8 rings (SSSR count). The van der Waals surface area contributed by atoms with Crippen LogP contribution >= 0.6 is 0 Å². The van der Waals surface area contributed by atoms with Gasteiger partial charge in [-0.1, -0.05) is 104 Å². The summed E-state index contributed by atoms with van der Waals surface area (Å²) in [4.78, 5) is 15.9. The Hall–Kier alpha value is -5.19. The Morgan fingerprint density at radius 2 is 1.25 bits per heavy atom. The van der Waals surface area contributed by atoms with Crippen molar-refractivity contribution in [2.24, 2.45) is 0 Å². The SMILES string of the molecule is CC(C)(C)c1cc(N2C=CN(c3[c-]c(Oc4[c-]c5c(cc4)-c4ccccc4-c4cnccc4N5c4cc(C(C)(C)C)ccn4)ccc3)[CH-]2)cc(C(C)(C)C)c1.[Pt]. The summed E-state index contributed by atoms with van der Waals surface area (Å²) in [7, 11) is 0. The predicted octanol–water partition coefficient (Wildman–Crippen LogP) is 12.8. The zero-order valence-electron chi connectivity index (χ0n) is 33.6. The Bertz CT molecular complexity index is 2400. The maximum absolute atomic E-state index is 6.59. The molecule has 0 bridgehead atoms. The van der Waals surface area contributed by atoms with Gasteiger partial charge in [0.05, 0.1) is 5.69 Å². The number of anilines is 5. The zero-order valence-corrected chi connectivity index (χ0v) is 35.9. The van der Waals surface area contributed by atoms with Gasteiger partial charge < -0.3 is 19.4 Å². The van der Waals surface area contributed by atoms with Gasteiger partial charge in [0.15, 0.2) is 0 Å². The normalized spacial score (nSPS) is 13.8. The molecule has 2 aliphatic heterocycles. The summed E-state index contributed by atoms with van der Waals surface area (Å²) in [6.07, 6.45) is 9.83. The summed E-state index contributed by atoms with van der Waals surface area (Å²) >= 11 is 0. The molecule has 0 radical (unpaired) electrons. The summed E-state index contributed by atoms with van der Waals surface area (Å²) in [5, 5.41) is 0. The van der Waals surface area contributed by atoms with Crippen LogP contribution in [0.1, 0.15) is 79.0 Å². The molecular weight excluding hydrogens is 870 g/mol. The van der Waals surface area contributed by atoms with E-state index in [0.717, 1.165) is 50.8 Å². The minimum atomic E-state index is -0.0588. The molecule has 0 fully saturated rings. The standard InChI is InChI=1S/C49H48N5O.Pt/c1-47(2,3)33-19-22-51-46(28-33)54-44-20-21-50-31-43(44)41-16-11-10-15-40(41)42-18-17-39(30-45(42)54)55-38-14-12-13-36(29-38)52-23-24-53(32-52)37-26-34(48(4,5)6)25-35(27-37)49(7,8)9;/h10-28,31-32H,1-9H3;/q-3;. The third-order valence-electron chi connectivity index (χ3n) is 10.3. The molecule has 6 nitrogen and oxygen atoms in total. The van der Waals surface area contributed by atoms with Crippen LogP contribution < -0.4 is 19.4 Å². The van der Waals surface area contributed by atoms with Crippen molar-refractivity contribution < 1.29 is 25.8 Å². The largest absolute Gasteiger partial charge is 0.509 e. The van der Waals surface area contributed by atoms with Crippen molar-refractivity contribution in [1.29, 1.82) is 0 Å². The Morgan fingerprint density at radius 1 is 0.589 bits per heavy atom. The van der Waals surface area contributed by atoms with E-state index in [-0.39, 0.29) is 37.3 Å². The van der Waals surface area contributed by atoms with Gasteiger partial charge in [-0.3, -0.25) is 4.98 Å². The number of rotatable bonds is 5. The second-order valence-electron chi connectivity index (χ2n) is 17.5. The quantitative estimate of drug-likeness (QED) is 0.160. The molecule has 0 aliphatic carbocycles. The number of nitrogens with zero attached hydrogens (tertiary/aromatic N) is 5. The molecule has 0 unspecified atom stereocenters. The fourth-order valence-corrected chi connectivity index (χ4v) is 7.07. The van der Waals surface area contributed by atoms with Crippen LogP contribution in [-0.2, 0) is 37.3 Å². The van der Waals surface area contributed by atoms with E-state index in [1.54, 1.807) is 0 Å². The van der Waals surface area contributed by atoms with Gasteiger partial charge in [0, 0.05) is 62.4 Å². The number of aromatic nitrogens is 2. The van der Waals surface area contributed by atoms with Gasteiger partial charge in [0.1, 0.15) is 5.82 Å². The second-order valence-corrected chi connectivity index (χ2v) is 17.5. The minimum absolute atomic E-state index is 0. The minimum Gasteiger partial charge on any atom is -0.509 e. The van der Waals surface area contributed by atoms with Gasteiger partial charge in [-0.15, -0.1) is 48.3 Å². The molecule has 4 heterocycles. The third-order valence-corrected chi connectivity index (χ3v) is 10.3. The summed E-state index contributed by atoms with van der Waals surface area (Å²) < 4.78 is 6.59. The number of fused-ring (bicyclic) bond motifs is 5. The number of ether oxygens (including phenoxy) is 1. The van der Waals surface area contributed by atoms with Gasteiger partial charge in [-0.05, 0) is 81.2 Å². The second kappa shape index (κ2) is 14.7. The van der Waals surface area contributed by atoms with Crippen LogP contribution in [0, 0.1) is 18.8 Å². The van der Waals surface area contributed by atoms with Crippen molar-refractivity contribution in [1.82, 2.24) is 9.97 Å². The number of pyridine rings is 2. The van der Waals surface area contributed by atoms with Crippen LogP contribution in [0.3, 0.4) is 0 Å². The van der Waals surface area contributed by atoms with Crippen molar-refractivity contribution in [2.75, 3.05) is 14.7 Å². The molecule has 0 amide bonds. The van der Waals surface area contributed by atoms with Crippen LogP contribution in [0.5, 0.6) is 11.5 Å². The number of hydrogen-bond donors (Lipinski definition) is 0. The molecular formula is C49H48N5OPt-3. The summed E-state index contributed by atoms with van der Waals surface area (Å²) in [5.74, 6) is 1.98. The van der Waals surface area contributed by atoms with Crippen molar-refractivity contribution in [3.05, 3.63) is 157 Å². The van der Waals surface area contributed by atoms with E-state index in [4.69, 9.17) is 9.72 Å². The van der Waals surface area contributed by atoms with Gasteiger partial charge in [0.2, 0.25) is 0 Å². The average Bonchev–Trinajstić information content (AvgIpc) is 3.61. The number of hydrogen-bond acceptors (Lipinski definition) is 6. The van der Waals surface area contributed by atoms with Crippen molar-refractivity contribution in [3.63, 3.8) is 0 Å². The molecule has 7 heteroatoms. The van der Waals surface area contributed by atoms with Crippen LogP contribution in [0.15, 0.2) is 122 Å². The maximum atomic E-state index is 6.59. The molecule has 4 aromatic carbocycles. The Morgan fingerprint density at radius 3 is 1.95 bits per heavy atom. The topological polar surface area (TPSA) is 44.7 Å².